The molecule has 0 spiro atoms. The molecular formula is C40H54N2O9. The zero-order chi connectivity index (χ0) is 36.8. The van der Waals surface area contributed by atoms with Crippen molar-refractivity contribution in [2.75, 3.05) is 13.2 Å². The highest BCUT2D eigenvalue weighted by atomic mass is 16.5. The van der Waals surface area contributed by atoms with Gasteiger partial charge in [-0.2, -0.15) is 0 Å². The topological polar surface area (TPSA) is 176 Å². The van der Waals surface area contributed by atoms with E-state index in [1.54, 1.807) is 0 Å². The second-order valence-corrected chi connectivity index (χ2v) is 15.7. The average Bonchev–Trinajstić information content (AvgIpc) is 3.39. The van der Waals surface area contributed by atoms with Crippen LogP contribution in [0.1, 0.15) is 109 Å². The lowest BCUT2D eigenvalue weighted by molar-refractivity contribution is -0.170. The average molecular weight is 707 g/mol. The van der Waals surface area contributed by atoms with Crippen molar-refractivity contribution in [3.63, 3.8) is 0 Å². The van der Waals surface area contributed by atoms with Gasteiger partial charge in [-0.25, -0.2) is 4.79 Å². The van der Waals surface area contributed by atoms with Crippen molar-refractivity contribution in [1.82, 2.24) is 10.6 Å². The van der Waals surface area contributed by atoms with Crippen LogP contribution in [-0.2, 0) is 39.9 Å². The number of aliphatic hydroxyl groups is 1. The molecule has 5 rings (SSSR count). The number of carboxylic acids is 1. The van der Waals surface area contributed by atoms with Crippen LogP contribution in [-0.4, -0.2) is 70.3 Å². The van der Waals surface area contributed by atoms with Crippen LogP contribution in [0.5, 0.6) is 0 Å². The van der Waals surface area contributed by atoms with Crippen LogP contribution in [0.15, 0.2) is 42.0 Å². The van der Waals surface area contributed by atoms with Gasteiger partial charge in [-0.05, 0) is 92.6 Å². The fourth-order valence-corrected chi connectivity index (χ4v) is 9.81. The molecule has 3 fully saturated rings. The van der Waals surface area contributed by atoms with E-state index in [0.29, 0.717) is 56.9 Å². The summed E-state index contributed by atoms with van der Waals surface area (Å²) >= 11 is 0. The molecule has 2 amide bonds. The van der Waals surface area contributed by atoms with Gasteiger partial charge in [-0.15, -0.1) is 0 Å². The minimum absolute atomic E-state index is 0.000793. The van der Waals surface area contributed by atoms with Crippen LogP contribution in [0, 0.1) is 28.6 Å². The third kappa shape index (κ3) is 8.45. The molecule has 0 aromatic heterocycles. The van der Waals surface area contributed by atoms with E-state index >= 15 is 0 Å². The number of carboxylic acid groups (broad SMARTS) is 1. The maximum Gasteiger partial charge on any atom is 0.326 e. The molecule has 11 nitrogen and oxygen atoms in total. The Labute approximate surface area is 300 Å². The van der Waals surface area contributed by atoms with Gasteiger partial charge in [0.15, 0.2) is 12.4 Å². The summed E-state index contributed by atoms with van der Waals surface area (Å²) < 4.78 is 5.27. The molecule has 0 unspecified atom stereocenters. The number of hydrogen-bond acceptors (Lipinski definition) is 8. The van der Waals surface area contributed by atoms with E-state index < -0.39 is 41.4 Å². The first kappa shape index (κ1) is 38.4. The van der Waals surface area contributed by atoms with Gasteiger partial charge in [0, 0.05) is 37.6 Å². The van der Waals surface area contributed by atoms with E-state index in [-0.39, 0.29) is 54.6 Å². The molecule has 4 aliphatic rings. The van der Waals surface area contributed by atoms with Gasteiger partial charge in [0.1, 0.15) is 11.6 Å². The predicted octanol–water partition coefficient (Wildman–Crippen LogP) is 4.63. The van der Waals surface area contributed by atoms with Crippen molar-refractivity contribution in [3.05, 3.63) is 47.5 Å². The Bertz CT molecular complexity index is 1520. The first-order valence-corrected chi connectivity index (χ1v) is 18.7. The number of esters is 1. The Morgan fingerprint density at radius 3 is 2.37 bits per heavy atom. The smallest absolute Gasteiger partial charge is 0.326 e. The maximum atomic E-state index is 13.5. The maximum absolute atomic E-state index is 13.5. The van der Waals surface area contributed by atoms with E-state index in [2.05, 4.69) is 17.6 Å². The Morgan fingerprint density at radius 2 is 1.63 bits per heavy atom. The molecule has 0 radical (unpaired) electrons. The monoisotopic (exact) mass is 706 g/mol. The van der Waals surface area contributed by atoms with Gasteiger partial charge in [0.2, 0.25) is 17.6 Å². The standard InChI is InChI=1S/C40H54N2O9/c1-38-19-16-28(43)24-27(38)12-13-29-30(38)17-20-39(2)31(29)18-21-40(39,50)33(44)25-51-36(47)15-14-34(45)41-22-8-4-7-11-35(46)42-32(37(48)49)23-26-9-5-3-6-10-26/h3,5-6,9-10,24,29-32,50H,4,7-8,11-23,25H2,1-2H3,(H,41,45)(H,42,46)(H,48,49)/t29-,30-,31+,32+,38+,39+,40+/m1/s1. The molecule has 0 heterocycles. The second-order valence-electron chi connectivity index (χ2n) is 15.7. The van der Waals surface area contributed by atoms with Crippen molar-refractivity contribution < 1.29 is 43.7 Å². The van der Waals surface area contributed by atoms with Gasteiger partial charge in [0.05, 0.1) is 6.42 Å². The highest BCUT2D eigenvalue weighted by Crippen LogP contribution is 2.67. The van der Waals surface area contributed by atoms with Crippen LogP contribution in [0.25, 0.3) is 0 Å². The van der Waals surface area contributed by atoms with Crippen molar-refractivity contribution in [2.45, 2.75) is 122 Å². The number of Topliss-reactive ketones (excluding diaryl/α,β-unsaturated/α-hetero) is 1. The fourth-order valence-electron chi connectivity index (χ4n) is 9.81. The van der Waals surface area contributed by atoms with Crippen molar-refractivity contribution in [1.29, 1.82) is 0 Å². The summed E-state index contributed by atoms with van der Waals surface area (Å²) in [6.45, 7) is 4.17. The number of ether oxygens (including phenoxy) is 1. The van der Waals surface area contributed by atoms with Gasteiger partial charge in [-0.1, -0.05) is 56.2 Å². The van der Waals surface area contributed by atoms with Crippen LogP contribution in [0.2, 0.25) is 0 Å². The van der Waals surface area contributed by atoms with E-state index in [1.807, 2.05) is 43.3 Å². The van der Waals surface area contributed by atoms with E-state index in [9.17, 15) is 39.0 Å². The third-order valence-corrected chi connectivity index (χ3v) is 12.8. The summed E-state index contributed by atoms with van der Waals surface area (Å²) in [6.07, 6.45) is 9.75. The van der Waals surface area contributed by atoms with Crippen LogP contribution < -0.4 is 10.6 Å². The lowest BCUT2D eigenvalue weighted by Gasteiger charge is -2.58. The number of unbranched alkanes of at least 4 members (excludes halogenated alkanes) is 2. The number of benzene rings is 1. The van der Waals surface area contributed by atoms with Gasteiger partial charge >= 0.3 is 11.9 Å². The number of carbonyl (C=O) groups excluding carboxylic acids is 5. The highest BCUT2D eigenvalue weighted by Gasteiger charge is 2.66. The quantitative estimate of drug-likeness (QED) is 0.141. The molecule has 4 aliphatic carbocycles. The first-order chi connectivity index (χ1) is 24.3. The number of allylic oxidation sites excluding steroid dienone is 1. The summed E-state index contributed by atoms with van der Waals surface area (Å²) in [7, 11) is 0. The Balaban J connectivity index is 0.970. The number of ketones is 2. The number of carbonyl (C=O) groups is 6. The summed E-state index contributed by atoms with van der Waals surface area (Å²) in [5.41, 5.74) is -0.0751. The first-order valence-electron chi connectivity index (χ1n) is 18.7. The van der Waals surface area contributed by atoms with Crippen molar-refractivity contribution >= 4 is 35.3 Å². The number of rotatable bonds is 16. The fraction of sp³-hybridized carbons (Fsp3) is 0.650. The molecule has 4 N–H and O–H groups in total. The van der Waals surface area contributed by atoms with Crippen molar-refractivity contribution in [2.24, 2.45) is 28.6 Å². The van der Waals surface area contributed by atoms with Gasteiger partial charge in [-0.3, -0.25) is 24.0 Å². The normalized spacial score (nSPS) is 30.1. The SMILES string of the molecule is C[C@]12CCC(=O)C=C1CC[C@@H]1[C@H]2CC[C@@]2(C)[C@H]1CC[C@]2(O)C(=O)COC(=O)CCC(=O)NCCCCCC(=O)N[C@@H](Cc1ccccc1)C(=O)O. The Hall–Kier alpha value is -3.86. The summed E-state index contributed by atoms with van der Waals surface area (Å²) in [5.74, 6) is -1.69. The van der Waals surface area contributed by atoms with Crippen LogP contribution in [0.4, 0.5) is 0 Å². The molecule has 7 atom stereocenters. The van der Waals surface area contributed by atoms with Crippen LogP contribution >= 0.6 is 0 Å². The zero-order valence-electron chi connectivity index (χ0n) is 30.0. The molecule has 1 aromatic carbocycles. The lowest BCUT2D eigenvalue weighted by atomic mass is 9.46. The molecular weight excluding hydrogens is 652 g/mol. The van der Waals surface area contributed by atoms with Crippen molar-refractivity contribution in [3.8, 4) is 0 Å². The summed E-state index contributed by atoms with van der Waals surface area (Å²) in [6, 6.07) is 8.09. The van der Waals surface area contributed by atoms with Gasteiger partial charge in [0.25, 0.3) is 0 Å². The van der Waals surface area contributed by atoms with E-state index in [4.69, 9.17) is 4.74 Å². The Kier molecular flexibility index (Phi) is 12.2. The highest BCUT2D eigenvalue weighted by molar-refractivity contribution is 5.92. The summed E-state index contributed by atoms with van der Waals surface area (Å²) in [5, 5.41) is 26.6. The van der Waals surface area contributed by atoms with E-state index in [0.717, 1.165) is 37.7 Å². The predicted molar refractivity (Wildman–Crippen MR) is 188 cm³/mol. The molecule has 3 saturated carbocycles. The minimum atomic E-state index is -1.57. The number of amides is 2. The second kappa shape index (κ2) is 16.2. The molecule has 1 aromatic rings. The Morgan fingerprint density at radius 1 is 0.882 bits per heavy atom. The van der Waals surface area contributed by atoms with Crippen LogP contribution in [0.3, 0.4) is 0 Å². The molecule has 0 bridgehead atoms. The van der Waals surface area contributed by atoms with E-state index in [1.165, 1.54) is 5.57 Å². The number of aliphatic carboxylic acids is 1. The van der Waals surface area contributed by atoms with Gasteiger partial charge < -0.3 is 25.6 Å². The molecule has 0 saturated heterocycles. The molecule has 51 heavy (non-hydrogen) atoms. The molecule has 278 valence electrons. The lowest BCUT2D eigenvalue weighted by Crippen LogP contribution is -2.58. The minimum Gasteiger partial charge on any atom is -0.480 e. The summed E-state index contributed by atoms with van der Waals surface area (Å²) in [4.78, 5) is 74.2. The number of nitrogens with one attached hydrogen (secondary N) is 2. The zero-order valence-corrected chi connectivity index (χ0v) is 30.0. The number of hydrogen-bond donors (Lipinski definition) is 4. The molecule has 11 heteroatoms. The molecule has 0 aliphatic heterocycles. The largest absolute Gasteiger partial charge is 0.480 e. The third-order valence-electron chi connectivity index (χ3n) is 12.8. The number of fused-ring (bicyclic) bond motifs is 5.